The van der Waals surface area contributed by atoms with Crippen LogP contribution in [0.15, 0.2) is 30.3 Å². The first kappa shape index (κ1) is 20.1. The highest BCUT2D eigenvalue weighted by Gasteiger charge is 2.31. The van der Waals surface area contributed by atoms with Gasteiger partial charge in [-0.2, -0.15) is 5.10 Å². The second-order valence-corrected chi connectivity index (χ2v) is 10.5. The molecule has 7 nitrogen and oxygen atoms in total. The molecule has 1 aromatic carbocycles. The number of halogens is 1. The average molecular weight is 452 g/mol. The highest BCUT2D eigenvalue weighted by atomic mass is 35.5. The molecule has 1 atom stereocenters. The van der Waals surface area contributed by atoms with Gasteiger partial charge in [0.2, 0.25) is 0 Å². The van der Waals surface area contributed by atoms with E-state index in [9.17, 15) is 13.2 Å². The fraction of sp³-hybridized carbons (Fsp3) is 0.316. The van der Waals surface area contributed by atoms with Gasteiger partial charge in [-0.3, -0.25) is 0 Å². The molecule has 1 fully saturated rings. The van der Waals surface area contributed by atoms with Gasteiger partial charge in [0.05, 0.1) is 33.5 Å². The van der Waals surface area contributed by atoms with E-state index >= 15 is 0 Å². The van der Waals surface area contributed by atoms with Gasteiger partial charge in [-0.25, -0.2) is 22.9 Å². The molecule has 1 aliphatic heterocycles. The van der Waals surface area contributed by atoms with Crippen LogP contribution in [0.4, 0.5) is 0 Å². The maximum atomic E-state index is 12.1. The Kier molecular flexibility index (Phi) is 5.46. The number of benzene rings is 1. The minimum atomic E-state index is -3.05. The summed E-state index contributed by atoms with van der Waals surface area (Å²) in [5.41, 5.74) is 2.07. The minimum Gasteiger partial charge on any atom is -0.455 e. The Morgan fingerprint density at radius 1 is 1.41 bits per heavy atom. The average Bonchev–Trinajstić information content (AvgIpc) is 3.33. The van der Waals surface area contributed by atoms with Crippen LogP contribution in [-0.4, -0.2) is 40.7 Å². The summed E-state index contributed by atoms with van der Waals surface area (Å²) in [6, 6.07) is 7.45. The number of hydrogen-bond acceptors (Lipinski definition) is 7. The molecule has 0 radical (unpaired) electrons. The Bertz CT molecular complexity index is 1180. The highest BCUT2D eigenvalue weighted by molar-refractivity contribution is 7.91. The van der Waals surface area contributed by atoms with E-state index in [-0.39, 0.29) is 24.2 Å². The Labute approximate surface area is 176 Å². The lowest BCUT2D eigenvalue weighted by Gasteiger charge is -2.09. The summed E-state index contributed by atoms with van der Waals surface area (Å²) in [4.78, 5) is 16.5. The largest absolute Gasteiger partial charge is 0.455 e. The summed E-state index contributed by atoms with van der Waals surface area (Å²) in [6.45, 7) is 1.85. The SMILES string of the molecule is Cc1nn(C2CCS(=O)(=O)C2)c(Cl)c1C=CC(=O)OCc1nc2ccccc2s1. The first-order chi connectivity index (χ1) is 13.8. The highest BCUT2D eigenvalue weighted by Crippen LogP contribution is 2.30. The zero-order valence-corrected chi connectivity index (χ0v) is 17.9. The van der Waals surface area contributed by atoms with Gasteiger partial charge in [-0.1, -0.05) is 23.7 Å². The fourth-order valence-corrected chi connectivity index (χ4v) is 6.19. The van der Waals surface area contributed by atoms with Crippen LogP contribution in [0.1, 0.15) is 28.7 Å². The van der Waals surface area contributed by atoms with Crippen LogP contribution in [-0.2, 0) is 26.0 Å². The maximum Gasteiger partial charge on any atom is 0.331 e. The van der Waals surface area contributed by atoms with Gasteiger partial charge in [0.1, 0.15) is 16.8 Å². The number of sulfone groups is 1. The molecule has 152 valence electrons. The standard InChI is InChI=1S/C19H18ClN3O4S2/c1-12-14(19(20)23(22-12)13-8-9-29(25,26)11-13)6-7-18(24)27-10-17-21-15-4-2-3-5-16(15)28-17/h2-7,13H,8-11H2,1H3. The van der Waals surface area contributed by atoms with E-state index in [2.05, 4.69) is 10.1 Å². The molecule has 2 aromatic heterocycles. The molecule has 3 heterocycles. The van der Waals surface area contributed by atoms with Crippen LogP contribution in [0.5, 0.6) is 0 Å². The van der Waals surface area contributed by atoms with E-state index in [1.807, 2.05) is 24.3 Å². The summed E-state index contributed by atoms with van der Waals surface area (Å²) < 4.78 is 31.3. The van der Waals surface area contributed by atoms with Crippen molar-refractivity contribution in [3.8, 4) is 0 Å². The van der Waals surface area contributed by atoms with Crippen LogP contribution in [0, 0.1) is 6.92 Å². The monoisotopic (exact) mass is 451 g/mol. The maximum absolute atomic E-state index is 12.1. The lowest BCUT2D eigenvalue weighted by Crippen LogP contribution is -2.12. The molecule has 0 aliphatic carbocycles. The van der Waals surface area contributed by atoms with Crippen LogP contribution in [0.2, 0.25) is 5.15 Å². The van der Waals surface area contributed by atoms with E-state index < -0.39 is 15.8 Å². The number of esters is 1. The summed E-state index contributed by atoms with van der Waals surface area (Å²) >= 11 is 7.88. The Hall–Kier alpha value is -2.23. The number of ether oxygens (including phenoxy) is 1. The molecule has 0 spiro atoms. The van der Waals surface area contributed by atoms with E-state index in [1.165, 1.54) is 22.1 Å². The lowest BCUT2D eigenvalue weighted by molar-refractivity contribution is -0.138. The second kappa shape index (κ2) is 7.89. The van der Waals surface area contributed by atoms with Crippen molar-refractivity contribution in [3.63, 3.8) is 0 Å². The lowest BCUT2D eigenvalue weighted by atomic mass is 10.2. The molecule has 29 heavy (non-hydrogen) atoms. The van der Waals surface area contributed by atoms with Crippen molar-refractivity contribution >= 4 is 55.0 Å². The van der Waals surface area contributed by atoms with E-state index in [4.69, 9.17) is 16.3 Å². The number of carbonyl (C=O) groups excluding carboxylic acids is 1. The number of aryl methyl sites for hydroxylation is 1. The van der Waals surface area contributed by atoms with E-state index in [0.717, 1.165) is 15.2 Å². The van der Waals surface area contributed by atoms with Crippen molar-refractivity contribution < 1.29 is 17.9 Å². The molecule has 0 bridgehead atoms. The molecule has 1 aliphatic rings. The van der Waals surface area contributed by atoms with Crippen LogP contribution in [0.25, 0.3) is 16.3 Å². The number of para-hydroxylation sites is 1. The predicted molar refractivity (Wildman–Crippen MR) is 113 cm³/mol. The van der Waals surface area contributed by atoms with Crippen molar-refractivity contribution in [2.75, 3.05) is 11.5 Å². The Balaban J connectivity index is 1.42. The first-order valence-corrected chi connectivity index (χ1v) is 12.0. The number of fused-ring (bicyclic) bond motifs is 1. The third-order valence-corrected chi connectivity index (χ3v) is 7.82. The molecule has 0 saturated carbocycles. The second-order valence-electron chi connectivity index (χ2n) is 6.81. The molecule has 4 rings (SSSR count). The number of rotatable bonds is 5. The van der Waals surface area contributed by atoms with Crippen molar-refractivity contribution in [1.82, 2.24) is 14.8 Å². The van der Waals surface area contributed by atoms with Gasteiger partial charge in [-0.05, 0) is 31.6 Å². The van der Waals surface area contributed by atoms with Crippen molar-refractivity contribution in [2.45, 2.75) is 26.0 Å². The van der Waals surface area contributed by atoms with E-state index in [0.29, 0.717) is 22.8 Å². The van der Waals surface area contributed by atoms with Crippen LogP contribution >= 0.6 is 22.9 Å². The van der Waals surface area contributed by atoms with Crippen molar-refractivity contribution in [3.05, 3.63) is 51.8 Å². The normalized spacial score (nSPS) is 18.6. The van der Waals surface area contributed by atoms with Gasteiger partial charge >= 0.3 is 5.97 Å². The molecule has 0 N–H and O–H groups in total. The van der Waals surface area contributed by atoms with Gasteiger partial charge in [-0.15, -0.1) is 11.3 Å². The topological polar surface area (TPSA) is 91.2 Å². The number of carbonyl (C=O) groups is 1. The number of hydrogen-bond donors (Lipinski definition) is 0. The summed E-state index contributed by atoms with van der Waals surface area (Å²) in [6.07, 6.45) is 3.32. The summed E-state index contributed by atoms with van der Waals surface area (Å²) in [5.74, 6) is -0.354. The number of nitrogens with zero attached hydrogens (tertiary/aromatic N) is 3. The van der Waals surface area contributed by atoms with Gasteiger partial charge in [0, 0.05) is 11.6 Å². The third-order valence-electron chi connectivity index (χ3n) is 4.69. The zero-order valence-electron chi connectivity index (χ0n) is 15.5. The molecular weight excluding hydrogens is 434 g/mol. The smallest absolute Gasteiger partial charge is 0.331 e. The minimum absolute atomic E-state index is 0.0290. The quantitative estimate of drug-likeness (QED) is 0.435. The molecule has 10 heteroatoms. The summed E-state index contributed by atoms with van der Waals surface area (Å²) in [5, 5.41) is 5.40. The summed E-state index contributed by atoms with van der Waals surface area (Å²) in [7, 11) is -3.05. The van der Waals surface area contributed by atoms with E-state index in [1.54, 1.807) is 13.0 Å². The molecule has 0 amide bonds. The molecule has 1 unspecified atom stereocenters. The number of aromatic nitrogens is 3. The predicted octanol–water partition coefficient (Wildman–Crippen LogP) is 3.57. The number of thiazole rings is 1. The van der Waals surface area contributed by atoms with Gasteiger partial charge < -0.3 is 4.74 Å². The first-order valence-electron chi connectivity index (χ1n) is 8.97. The van der Waals surface area contributed by atoms with Crippen LogP contribution < -0.4 is 0 Å². The molecule has 1 saturated heterocycles. The zero-order chi connectivity index (χ0) is 20.6. The Morgan fingerprint density at radius 2 is 2.21 bits per heavy atom. The third kappa shape index (κ3) is 4.36. The van der Waals surface area contributed by atoms with Crippen molar-refractivity contribution in [1.29, 1.82) is 0 Å². The fourth-order valence-electron chi connectivity index (χ4n) is 3.25. The van der Waals surface area contributed by atoms with Gasteiger partial charge in [0.15, 0.2) is 9.84 Å². The molecular formula is C19H18ClN3O4S2. The molecule has 3 aromatic rings. The van der Waals surface area contributed by atoms with Crippen LogP contribution in [0.3, 0.4) is 0 Å². The van der Waals surface area contributed by atoms with Gasteiger partial charge in [0.25, 0.3) is 0 Å². The van der Waals surface area contributed by atoms with Crippen molar-refractivity contribution in [2.24, 2.45) is 0 Å². The Morgan fingerprint density at radius 3 is 2.93 bits per heavy atom.